The number of nitrogens with zero attached hydrogens (tertiary/aromatic N) is 2. The maximum Gasteiger partial charge on any atom is 0.159 e. The van der Waals surface area contributed by atoms with Crippen molar-refractivity contribution in [3.05, 3.63) is 47.8 Å². The summed E-state index contributed by atoms with van der Waals surface area (Å²) in [5.74, 6) is -0.584. The monoisotopic (exact) mass is 278 g/mol. The molecular weight excluding hydrogens is 262 g/mol. The molecule has 3 N–H and O–H groups in total. The van der Waals surface area contributed by atoms with Crippen LogP contribution in [0.25, 0.3) is 11.4 Å². The molecule has 0 unspecified atom stereocenters. The molecule has 0 aliphatic carbocycles. The first kappa shape index (κ1) is 14.5. The van der Waals surface area contributed by atoms with E-state index in [1.165, 1.54) is 6.07 Å². The van der Waals surface area contributed by atoms with Crippen LogP contribution in [0.15, 0.2) is 30.6 Å². The first-order chi connectivity index (χ1) is 9.56. The van der Waals surface area contributed by atoms with Gasteiger partial charge in [0.15, 0.2) is 11.6 Å². The lowest BCUT2D eigenvalue weighted by Gasteiger charge is -2.09. The van der Waals surface area contributed by atoms with Gasteiger partial charge in [-0.3, -0.25) is 0 Å². The van der Waals surface area contributed by atoms with E-state index in [1.807, 2.05) is 6.92 Å². The maximum absolute atomic E-state index is 13.9. The van der Waals surface area contributed by atoms with Gasteiger partial charge in [-0.15, -0.1) is 0 Å². The molecule has 0 aliphatic rings. The highest BCUT2D eigenvalue weighted by Gasteiger charge is 2.07. The molecule has 0 spiro atoms. The van der Waals surface area contributed by atoms with E-state index in [9.17, 15) is 8.78 Å². The third-order valence-electron chi connectivity index (χ3n) is 2.71. The zero-order chi connectivity index (χ0) is 14.5. The van der Waals surface area contributed by atoms with Crippen LogP contribution in [0.3, 0.4) is 0 Å². The molecule has 4 nitrogen and oxygen atoms in total. The molecule has 2 aromatic rings. The van der Waals surface area contributed by atoms with E-state index in [2.05, 4.69) is 15.3 Å². The summed E-state index contributed by atoms with van der Waals surface area (Å²) in [6, 6.07) is 4.73. The average molecular weight is 278 g/mol. The molecule has 0 bridgehead atoms. The minimum atomic E-state index is -0.522. The van der Waals surface area contributed by atoms with Crippen molar-refractivity contribution in [3.63, 3.8) is 0 Å². The Labute approximate surface area is 116 Å². The first-order valence-electron chi connectivity index (χ1n) is 6.29. The number of aromatic nitrogens is 2. The molecule has 1 aromatic carbocycles. The van der Waals surface area contributed by atoms with E-state index in [0.717, 1.165) is 12.4 Å². The third-order valence-corrected chi connectivity index (χ3v) is 2.71. The van der Waals surface area contributed by atoms with Crippen LogP contribution in [0.5, 0.6) is 0 Å². The zero-order valence-electron chi connectivity index (χ0n) is 11.1. The van der Waals surface area contributed by atoms with Crippen LogP contribution >= 0.6 is 0 Å². The van der Waals surface area contributed by atoms with Crippen molar-refractivity contribution >= 4 is 0 Å². The number of hydrogen-bond acceptors (Lipinski definition) is 4. The fourth-order valence-electron chi connectivity index (χ4n) is 1.73. The Hall–Kier alpha value is -1.92. The van der Waals surface area contributed by atoms with Gasteiger partial charge in [0, 0.05) is 30.3 Å². The summed E-state index contributed by atoms with van der Waals surface area (Å²) >= 11 is 0. The lowest BCUT2D eigenvalue weighted by molar-refractivity contribution is 0.568. The lowest BCUT2D eigenvalue weighted by atomic mass is 10.1. The first-order valence-corrected chi connectivity index (χ1v) is 6.29. The van der Waals surface area contributed by atoms with E-state index < -0.39 is 5.82 Å². The van der Waals surface area contributed by atoms with Crippen LogP contribution in [-0.4, -0.2) is 22.6 Å². The Morgan fingerprint density at radius 2 is 1.95 bits per heavy atom. The standard InChI is InChI=1S/C14H16F2N4/c1-9(17)5-18-6-11-3-2-10(4-13(11)16)14-19-7-12(15)8-20-14/h2-4,7-9,18H,5-6,17H2,1H3/t9-/m0/s1. The third kappa shape index (κ3) is 3.79. The van der Waals surface area contributed by atoms with Gasteiger partial charge in [0.2, 0.25) is 0 Å². The molecule has 106 valence electrons. The molecule has 1 atom stereocenters. The lowest BCUT2D eigenvalue weighted by Crippen LogP contribution is -2.30. The maximum atomic E-state index is 13.9. The van der Waals surface area contributed by atoms with Gasteiger partial charge in [0.1, 0.15) is 5.82 Å². The van der Waals surface area contributed by atoms with Gasteiger partial charge in [-0.25, -0.2) is 18.7 Å². The second-order valence-electron chi connectivity index (χ2n) is 4.64. The molecule has 0 amide bonds. The Morgan fingerprint density at radius 3 is 2.55 bits per heavy atom. The van der Waals surface area contributed by atoms with Crippen molar-refractivity contribution in [1.29, 1.82) is 0 Å². The number of rotatable bonds is 5. The van der Waals surface area contributed by atoms with E-state index in [-0.39, 0.29) is 11.9 Å². The second-order valence-corrected chi connectivity index (χ2v) is 4.64. The Morgan fingerprint density at radius 1 is 1.25 bits per heavy atom. The molecule has 20 heavy (non-hydrogen) atoms. The predicted octanol–water partition coefficient (Wildman–Crippen LogP) is 1.86. The summed E-state index contributed by atoms with van der Waals surface area (Å²) in [5, 5.41) is 3.06. The fraction of sp³-hybridized carbons (Fsp3) is 0.286. The van der Waals surface area contributed by atoms with Gasteiger partial charge in [-0.1, -0.05) is 12.1 Å². The van der Waals surface area contributed by atoms with Crippen LogP contribution in [0.2, 0.25) is 0 Å². The van der Waals surface area contributed by atoms with Gasteiger partial charge in [0.05, 0.1) is 12.4 Å². The van der Waals surface area contributed by atoms with Gasteiger partial charge in [-0.2, -0.15) is 0 Å². The van der Waals surface area contributed by atoms with Crippen molar-refractivity contribution in [3.8, 4) is 11.4 Å². The summed E-state index contributed by atoms with van der Waals surface area (Å²) in [6.45, 7) is 2.89. The fourth-order valence-corrected chi connectivity index (χ4v) is 1.73. The van der Waals surface area contributed by atoms with Crippen molar-refractivity contribution in [1.82, 2.24) is 15.3 Å². The van der Waals surface area contributed by atoms with Crippen molar-refractivity contribution in [2.75, 3.05) is 6.54 Å². The zero-order valence-corrected chi connectivity index (χ0v) is 11.1. The van der Waals surface area contributed by atoms with Gasteiger partial charge in [-0.05, 0) is 13.0 Å². The van der Waals surface area contributed by atoms with E-state index >= 15 is 0 Å². The highest BCUT2D eigenvalue weighted by molar-refractivity contribution is 5.55. The Bertz CT molecular complexity index is 570. The summed E-state index contributed by atoms with van der Waals surface area (Å²) in [6.07, 6.45) is 2.11. The van der Waals surface area contributed by atoms with Crippen molar-refractivity contribution < 1.29 is 8.78 Å². The number of benzene rings is 1. The minimum absolute atomic E-state index is 0.0185. The molecule has 0 saturated carbocycles. The number of nitrogens with two attached hydrogens (primary N) is 1. The van der Waals surface area contributed by atoms with E-state index in [0.29, 0.717) is 30.0 Å². The molecule has 1 aromatic heterocycles. The summed E-state index contributed by atoms with van der Waals surface area (Å²) in [5.41, 5.74) is 6.65. The topological polar surface area (TPSA) is 63.8 Å². The molecule has 0 radical (unpaired) electrons. The molecule has 0 aliphatic heterocycles. The molecule has 6 heteroatoms. The Kier molecular flexibility index (Phi) is 4.70. The quantitative estimate of drug-likeness (QED) is 0.876. The summed E-state index contributed by atoms with van der Waals surface area (Å²) < 4.78 is 26.7. The van der Waals surface area contributed by atoms with Gasteiger partial charge >= 0.3 is 0 Å². The molecular formula is C14H16F2N4. The second kappa shape index (κ2) is 6.49. The highest BCUT2D eigenvalue weighted by atomic mass is 19.1. The smallest absolute Gasteiger partial charge is 0.159 e. The average Bonchev–Trinajstić information content (AvgIpc) is 2.41. The van der Waals surface area contributed by atoms with Crippen molar-refractivity contribution in [2.45, 2.75) is 19.5 Å². The molecule has 1 heterocycles. The van der Waals surface area contributed by atoms with Crippen LogP contribution in [0.4, 0.5) is 8.78 Å². The van der Waals surface area contributed by atoms with Gasteiger partial charge in [0.25, 0.3) is 0 Å². The highest BCUT2D eigenvalue weighted by Crippen LogP contribution is 2.18. The van der Waals surface area contributed by atoms with Crippen LogP contribution in [0, 0.1) is 11.6 Å². The van der Waals surface area contributed by atoms with Crippen LogP contribution in [0.1, 0.15) is 12.5 Å². The molecule has 2 rings (SSSR count). The molecule has 0 fully saturated rings. The number of nitrogens with one attached hydrogen (secondary N) is 1. The van der Waals surface area contributed by atoms with E-state index in [4.69, 9.17) is 5.73 Å². The van der Waals surface area contributed by atoms with E-state index in [1.54, 1.807) is 12.1 Å². The molecule has 0 saturated heterocycles. The predicted molar refractivity (Wildman–Crippen MR) is 72.7 cm³/mol. The number of halogens is 2. The van der Waals surface area contributed by atoms with Crippen LogP contribution < -0.4 is 11.1 Å². The van der Waals surface area contributed by atoms with Crippen LogP contribution in [-0.2, 0) is 6.54 Å². The summed E-state index contributed by atoms with van der Waals surface area (Å²) in [7, 11) is 0. The van der Waals surface area contributed by atoms with Crippen molar-refractivity contribution in [2.24, 2.45) is 5.73 Å². The largest absolute Gasteiger partial charge is 0.327 e. The summed E-state index contributed by atoms with van der Waals surface area (Å²) in [4.78, 5) is 7.64. The van der Waals surface area contributed by atoms with Gasteiger partial charge < -0.3 is 11.1 Å². The number of hydrogen-bond donors (Lipinski definition) is 2. The SMILES string of the molecule is C[C@H](N)CNCc1ccc(-c2ncc(F)cn2)cc1F. The normalized spacial score (nSPS) is 12.4. The minimum Gasteiger partial charge on any atom is -0.327 e. The Balaban J connectivity index is 2.11.